The van der Waals surface area contributed by atoms with E-state index in [9.17, 15) is 4.79 Å². The first-order valence-corrected chi connectivity index (χ1v) is 8.22. The molecule has 2 aliphatic carbocycles. The van der Waals surface area contributed by atoms with Gasteiger partial charge >= 0.3 is 0 Å². The van der Waals surface area contributed by atoms with E-state index in [4.69, 9.17) is 5.73 Å². The first-order chi connectivity index (χ1) is 9.22. The van der Waals surface area contributed by atoms with Crippen LogP contribution in [0.5, 0.6) is 0 Å². The molecule has 0 aromatic carbocycles. The van der Waals surface area contributed by atoms with Crippen LogP contribution in [0.2, 0.25) is 0 Å². The van der Waals surface area contributed by atoms with Crippen molar-refractivity contribution >= 4 is 17.2 Å². The highest BCUT2D eigenvalue weighted by molar-refractivity contribution is 7.07. The molecule has 1 aromatic rings. The van der Waals surface area contributed by atoms with E-state index in [1.54, 1.807) is 11.3 Å². The third-order valence-corrected chi connectivity index (χ3v) is 5.38. The minimum atomic E-state index is 0.177. The summed E-state index contributed by atoms with van der Waals surface area (Å²) in [6, 6.07) is 2.75. The van der Waals surface area contributed by atoms with Gasteiger partial charge in [-0.2, -0.15) is 11.3 Å². The quantitative estimate of drug-likeness (QED) is 0.891. The third kappa shape index (κ3) is 3.00. The summed E-state index contributed by atoms with van der Waals surface area (Å²) in [4.78, 5) is 12.2. The molecule has 1 aromatic heterocycles. The van der Waals surface area contributed by atoms with Gasteiger partial charge in [0.2, 0.25) is 5.91 Å². The lowest BCUT2D eigenvalue weighted by atomic mass is 9.67. The molecular weight excluding hydrogens is 256 g/mol. The number of fused-ring (bicyclic) bond motifs is 2. The van der Waals surface area contributed by atoms with Crippen molar-refractivity contribution in [1.29, 1.82) is 0 Å². The smallest absolute Gasteiger partial charge is 0.224 e. The Morgan fingerprint density at radius 2 is 2.11 bits per heavy atom. The molecule has 4 heteroatoms. The number of thiophene rings is 1. The maximum absolute atomic E-state index is 12.2. The molecule has 0 aliphatic heterocycles. The number of amides is 1. The average Bonchev–Trinajstić information content (AvgIpc) is 2.83. The Balaban J connectivity index is 1.61. The van der Waals surface area contributed by atoms with E-state index in [1.807, 2.05) is 11.4 Å². The zero-order valence-corrected chi connectivity index (χ0v) is 12.0. The SMILES string of the molecule is NC1CC2CCCC(C1)C2NC(=O)Cc1ccsc1. The van der Waals surface area contributed by atoms with Crippen molar-refractivity contribution in [3.05, 3.63) is 22.4 Å². The molecule has 3 N–H and O–H groups in total. The maximum atomic E-state index is 12.2. The van der Waals surface area contributed by atoms with Crippen LogP contribution in [-0.2, 0) is 11.2 Å². The lowest BCUT2D eigenvalue weighted by molar-refractivity contribution is -0.122. The van der Waals surface area contributed by atoms with Crippen molar-refractivity contribution < 1.29 is 4.79 Å². The van der Waals surface area contributed by atoms with Crippen LogP contribution in [0, 0.1) is 11.8 Å². The molecule has 3 rings (SSSR count). The Hall–Kier alpha value is -0.870. The number of hydrogen-bond donors (Lipinski definition) is 2. The van der Waals surface area contributed by atoms with E-state index in [-0.39, 0.29) is 5.91 Å². The van der Waals surface area contributed by atoms with Gasteiger partial charge in [0.05, 0.1) is 6.42 Å². The zero-order valence-electron chi connectivity index (χ0n) is 11.2. The molecule has 0 spiro atoms. The molecule has 19 heavy (non-hydrogen) atoms. The number of hydrogen-bond acceptors (Lipinski definition) is 3. The van der Waals surface area contributed by atoms with Gasteiger partial charge in [0.1, 0.15) is 0 Å². The van der Waals surface area contributed by atoms with Crippen molar-refractivity contribution in [2.45, 2.75) is 50.6 Å². The maximum Gasteiger partial charge on any atom is 0.224 e. The number of carbonyl (C=O) groups excluding carboxylic acids is 1. The van der Waals surface area contributed by atoms with Gasteiger partial charge in [-0.05, 0) is 59.9 Å². The minimum Gasteiger partial charge on any atom is -0.353 e. The molecule has 2 atom stereocenters. The summed E-state index contributed by atoms with van der Waals surface area (Å²) in [5.41, 5.74) is 7.24. The fourth-order valence-electron chi connectivity index (χ4n) is 3.84. The first-order valence-electron chi connectivity index (χ1n) is 7.28. The van der Waals surface area contributed by atoms with E-state index in [1.165, 1.54) is 19.3 Å². The molecule has 0 saturated heterocycles. The van der Waals surface area contributed by atoms with Crippen molar-refractivity contribution in [1.82, 2.24) is 5.32 Å². The van der Waals surface area contributed by atoms with Crippen LogP contribution >= 0.6 is 11.3 Å². The summed E-state index contributed by atoms with van der Waals surface area (Å²) in [7, 11) is 0. The Bertz CT molecular complexity index is 417. The van der Waals surface area contributed by atoms with Gasteiger partial charge in [-0.3, -0.25) is 4.79 Å². The molecule has 1 heterocycles. The summed E-state index contributed by atoms with van der Waals surface area (Å²) in [6.07, 6.45) is 6.45. The normalized spacial score (nSPS) is 33.9. The topological polar surface area (TPSA) is 55.1 Å². The summed E-state index contributed by atoms with van der Waals surface area (Å²) < 4.78 is 0. The van der Waals surface area contributed by atoms with Crippen LogP contribution in [0.3, 0.4) is 0 Å². The van der Waals surface area contributed by atoms with Crippen LogP contribution in [0.4, 0.5) is 0 Å². The van der Waals surface area contributed by atoms with Gasteiger partial charge in [0, 0.05) is 12.1 Å². The van der Waals surface area contributed by atoms with Gasteiger partial charge in [0.25, 0.3) is 0 Å². The molecule has 0 radical (unpaired) electrons. The lowest BCUT2D eigenvalue weighted by Gasteiger charge is -2.45. The molecule has 104 valence electrons. The highest BCUT2D eigenvalue weighted by Gasteiger charge is 2.39. The van der Waals surface area contributed by atoms with E-state index in [2.05, 4.69) is 10.7 Å². The third-order valence-electron chi connectivity index (χ3n) is 4.65. The van der Waals surface area contributed by atoms with E-state index in [0.29, 0.717) is 30.3 Å². The van der Waals surface area contributed by atoms with E-state index < -0.39 is 0 Å². The van der Waals surface area contributed by atoms with E-state index in [0.717, 1.165) is 18.4 Å². The Kier molecular flexibility index (Phi) is 3.89. The van der Waals surface area contributed by atoms with Crippen LogP contribution in [-0.4, -0.2) is 18.0 Å². The fourth-order valence-corrected chi connectivity index (χ4v) is 4.51. The second kappa shape index (κ2) is 5.63. The second-order valence-electron chi connectivity index (χ2n) is 6.08. The summed E-state index contributed by atoms with van der Waals surface area (Å²) >= 11 is 1.65. The second-order valence-corrected chi connectivity index (χ2v) is 6.86. The van der Waals surface area contributed by atoms with Crippen LogP contribution in [0.15, 0.2) is 16.8 Å². The average molecular weight is 278 g/mol. The van der Waals surface area contributed by atoms with Gasteiger partial charge in [0.15, 0.2) is 0 Å². The summed E-state index contributed by atoms with van der Waals surface area (Å²) in [5.74, 6) is 1.39. The monoisotopic (exact) mass is 278 g/mol. The predicted molar refractivity (Wildman–Crippen MR) is 78.0 cm³/mol. The van der Waals surface area contributed by atoms with Gasteiger partial charge in [-0.1, -0.05) is 6.42 Å². The highest BCUT2D eigenvalue weighted by Crippen LogP contribution is 2.39. The molecule has 3 nitrogen and oxygen atoms in total. The van der Waals surface area contributed by atoms with Crippen molar-refractivity contribution in [3.63, 3.8) is 0 Å². The van der Waals surface area contributed by atoms with Crippen LogP contribution in [0.25, 0.3) is 0 Å². The van der Waals surface area contributed by atoms with Crippen molar-refractivity contribution in [3.8, 4) is 0 Å². The van der Waals surface area contributed by atoms with Gasteiger partial charge in [-0.15, -0.1) is 0 Å². The van der Waals surface area contributed by atoms with E-state index >= 15 is 0 Å². The summed E-state index contributed by atoms with van der Waals surface area (Å²) in [6.45, 7) is 0. The predicted octanol–water partition coefficient (Wildman–Crippen LogP) is 2.31. The van der Waals surface area contributed by atoms with Crippen LogP contribution in [0.1, 0.15) is 37.7 Å². The Morgan fingerprint density at radius 3 is 2.74 bits per heavy atom. The molecule has 2 saturated carbocycles. The molecule has 1 amide bonds. The number of carbonyl (C=O) groups is 1. The Labute approximate surface area is 118 Å². The molecule has 2 unspecified atom stereocenters. The molecule has 2 fully saturated rings. The lowest BCUT2D eigenvalue weighted by Crippen LogP contribution is -2.54. The van der Waals surface area contributed by atoms with Crippen LogP contribution < -0.4 is 11.1 Å². The van der Waals surface area contributed by atoms with Crippen molar-refractivity contribution in [2.24, 2.45) is 17.6 Å². The van der Waals surface area contributed by atoms with Gasteiger partial charge in [-0.25, -0.2) is 0 Å². The molecular formula is C15H22N2OS. The Morgan fingerprint density at radius 1 is 1.37 bits per heavy atom. The molecule has 2 aliphatic rings. The zero-order chi connectivity index (χ0) is 13.2. The standard InChI is InChI=1S/C15H22N2OS/c16-13-7-11-2-1-3-12(8-13)15(11)17-14(18)6-10-4-5-19-9-10/h4-5,9,11-13,15H,1-3,6-8,16H2,(H,17,18). The highest BCUT2D eigenvalue weighted by atomic mass is 32.1. The fraction of sp³-hybridized carbons (Fsp3) is 0.667. The number of nitrogens with one attached hydrogen (secondary N) is 1. The number of rotatable bonds is 3. The van der Waals surface area contributed by atoms with Crippen molar-refractivity contribution in [2.75, 3.05) is 0 Å². The number of nitrogens with two attached hydrogens (primary N) is 1. The minimum absolute atomic E-state index is 0.177. The molecule has 2 bridgehead atoms. The largest absolute Gasteiger partial charge is 0.353 e. The van der Waals surface area contributed by atoms with Gasteiger partial charge < -0.3 is 11.1 Å². The first kappa shape index (κ1) is 13.1. The summed E-state index contributed by atoms with van der Waals surface area (Å²) in [5, 5.41) is 7.37.